The molecule has 0 saturated heterocycles. The lowest BCUT2D eigenvalue weighted by molar-refractivity contribution is -0.133. The maximum atomic E-state index is 13.9. The summed E-state index contributed by atoms with van der Waals surface area (Å²) in [6.45, 7) is 2.02. The second kappa shape index (κ2) is 16.8. The fourth-order valence-electron chi connectivity index (χ4n) is 6.17. The van der Waals surface area contributed by atoms with Crippen molar-refractivity contribution in [3.8, 4) is 0 Å². The highest BCUT2D eigenvalue weighted by atomic mass is 16.2. The van der Waals surface area contributed by atoms with E-state index in [2.05, 4.69) is 20.9 Å². The molecule has 242 valence electrons. The summed E-state index contributed by atoms with van der Waals surface area (Å²) in [7, 11) is 0. The van der Waals surface area contributed by atoms with E-state index in [0.29, 0.717) is 18.8 Å². The van der Waals surface area contributed by atoms with Crippen molar-refractivity contribution in [1.82, 2.24) is 20.9 Å². The van der Waals surface area contributed by atoms with Crippen LogP contribution in [0.3, 0.4) is 0 Å². The zero-order valence-corrected chi connectivity index (χ0v) is 26.2. The maximum Gasteiger partial charge on any atom is 0.243 e. The number of aromatic nitrogens is 1. The topological polar surface area (TPSA) is 172 Å². The molecule has 1 aromatic heterocycles. The van der Waals surface area contributed by atoms with Gasteiger partial charge in [0, 0.05) is 29.9 Å². The molecule has 0 bridgehead atoms. The Kier molecular flexibility index (Phi) is 12.6. The molecule has 1 saturated carbocycles. The highest BCUT2D eigenvalue weighted by Crippen LogP contribution is 2.27. The number of hydrogen-bond donors (Lipinski definition) is 6. The molecule has 1 aliphatic rings. The molecule has 1 aliphatic carbocycles. The summed E-state index contributed by atoms with van der Waals surface area (Å²) in [5.41, 5.74) is 14.5. The minimum atomic E-state index is -1.03. The van der Waals surface area contributed by atoms with Gasteiger partial charge in [-0.3, -0.25) is 19.2 Å². The Bertz CT molecular complexity index is 1420. The number of aromatic amines is 1. The largest absolute Gasteiger partial charge is 0.368 e. The molecular weight excluding hydrogens is 568 g/mol. The smallest absolute Gasteiger partial charge is 0.243 e. The molecular formula is C35H48N6O4. The number of carbonyl (C=O) groups excluding carboxylic acids is 4. The first-order chi connectivity index (χ1) is 21.7. The van der Waals surface area contributed by atoms with Crippen LogP contribution in [0.1, 0.15) is 75.8 Å². The van der Waals surface area contributed by atoms with Gasteiger partial charge in [0.25, 0.3) is 0 Å². The summed E-state index contributed by atoms with van der Waals surface area (Å²) in [5.74, 6) is -1.73. The lowest BCUT2D eigenvalue weighted by atomic mass is 9.84. The van der Waals surface area contributed by atoms with Crippen molar-refractivity contribution in [3.63, 3.8) is 0 Å². The molecule has 10 nitrogen and oxygen atoms in total. The third kappa shape index (κ3) is 9.91. The summed E-state index contributed by atoms with van der Waals surface area (Å²) in [4.78, 5) is 56.5. The maximum absolute atomic E-state index is 13.9. The number of rotatable bonds is 16. The summed E-state index contributed by atoms with van der Waals surface area (Å²) in [6.07, 6.45) is 10.2. The number of H-pyrrole nitrogens is 1. The van der Waals surface area contributed by atoms with Crippen LogP contribution in [0.25, 0.3) is 10.9 Å². The van der Waals surface area contributed by atoms with E-state index in [1.54, 1.807) is 0 Å². The van der Waals surface area contributed by atoms with Gasteiger partial charge in [0.2, 0.25) is 23.6 Å². The van der Waals surface area contributed by atoms with E-state index in [0.717, 1.165) is 60.6 Å². The normalized spacial score (nSPS) is 16.3. The van der Waals surface area contributed by atoms with Gasteiger partial charge in [-0.2, -0.15) is 0 Å². The Morgan fingerprint density at radius 3 is 2.13 bits per heavy atom. The first-order valence-electron chi connectivity index (χ1n) is 16.3. The third-order valence-electron chi connectivity index (χ3n) is 8.81. The van der Waals surface area contributed by atoms with E-state index in [9.17, 15) is 19.2 Å². The van der Waals surface area contributed by atoms with Crippen LogP contribution in [0, 0.1) is 5.92 Å². The van der Waals surface area contributed by atoms with Crippen LogP contribution in [0.5, 0.6) is 0 Å². The predicted molar refractivity (Wildman–Crippen MR) is 176 cm³/mol. The van der Waals surface area contributed by atoms with Gasteiger partial charge in [0.05, 0.1) is 6.04 Å². The fourth-order valence-corrected chi connectivity index (χ4v) is 6.17. The van der Waals surface area contributed by atoms with Gasteiger partial charge in [-0.25, -0.2) is 0 Å². The van der Waals surface area contributed by atoms with Gasteiger partial charge >= 0.3 is 0 Å². The molecule has 8 N–H and O–H groups in total. The van der Waals surface area contributed by atoms with E-state index in [1.807, 2.05) is 67.7 Å². The molecule has 45 heavy (non-hydrogen) atoms. The minimum Gasteiger partial charge on any atom is -0.368 e. The van der Waals surface area contributed by atoms with Gasteiger partial charge in [0.15, 0.2) is 0 Å². The average molecular weight is 617 g/mol. The number of nitrogens with two attached hydrogens (primary N) is 2. The van der Waals surface area contributed by atoms with Crippen LogP contribution in [0.2, 0.25) is 0 Å². The number of nitrogens with one attached hydrogen (secondary N) is 4. The lowest BCUT2D eigenvalue weighted by Crippen LogP contribution is -2.58. The molecule has 0 spiro atoms. The number of fused-ring (bicyclic) bond motifs is 1. The SMILES string of the molecule is CCCC[C@H](N)C(=O)N[C@@H](Cc1ccccc1)C(=O)N[C@H](Cc1c[nH]c2ccccc12)C(=O)N[C@@H](CC1CCCCC1)C(N)=O. The fraction of sp³-hybridized carbons (Fsp3) is 0.486. The molecule has 10 heteroatoms. The molecule has 1 fully saturated rings. The second-order valence-electron chi connectivity index (χ2n) is 12.3. The minimum absolute atomic E-state index is 0.165. The molecule has 4 amide bonds. The molecule has 1 heterocycles. The highest BCUT2D eigenvalue weighted by Gasteiger charge is 2.32. The third-order valence-corrected chi connectivity index (χ3v) is 8.81. The molecule has 4 atom stereocenters. The molecule has 0 unspecified atom stereocenters. The number of carbonyl (C=O) groups is 4. The number of hydrogen-bond acceptors (Lipinski definition) is 5. The summed E-state index contributed by atoms with van der Waals surface area (Å²) >= 11 is 0. The quantitative estimate of drug-likeness (QED) is 0.145. The van der Waals surface area contributed by atoms with Crippen molar-refractivity contribution >= 4 is 34.5 Å². The van der Waals surface area contributed by atoms with Crippen LogP contribution in [-0.4, -0.2) is 52.8 Å². The van der Waals surface area contributed by atoms with Crippen molar-refractivity contribution in [2.45, 2.75) is 102 Å². The number of amides is 4. The summed E-state index contributed by atoms with van der Waals surface area (Å²) in [6, 6.07) is 13.5. The van der Waals surface area contributed by atoms with Gasteiger partial charge in [-0.05, 0) is 36.0 Å². The van der Waals surface area contributed by atoms with Crippen molar-refractivity contribution in [2.24, 2.45) is 17.4 Å². The van der Waals surface area contributed by atoms with Gasteiger partial charge < -0.3 is 32.4 Å². The number of para-hydroxylation sites is 1. The monoisotopic (exact) mass is 616 g/mol. The summed E-state index contributed by atoms with van der Waals surface area (Å²) < 4.78 is 0. The van der Waals surface area contributed by atoms with Crippen LogP contribution in [-0.2, 0) is 32.0 Å². The number of benzene rings is 2. The Hall–Kier alpha value is -4.18. The Morgan fingerprint density at radius 1 is 0.822 bits per heavy atom. The van der Waals surface area contributed by atoms with Crippen LogP contribution < -0.4 is 27.4 Å². The second-order valence-corrected chi connectivity index (χ2v) is 12.3. The highest BCUT2D eigenvalue weighted by molar-refractivity contribution is 5.95. The van der Waals surface area contributed by atoms with Gasteiger partial charge in [-0.1, -0.05) is 100 Å². The number of unbranched alkanes of at least 4 members (excludes halogenated alkanes) is 1. The molecule has 0 aliphatic heterocycles. The molecule has 3 aromatic rings. The predicted octanol–water partition coefficient (Wildman–Crippen LogP) is 3.38. The Morgan fingerprint density at radius 2 is 1.44 bits per heavy atom. The first kappa shape index (κ1) is 33.7. The first-order valence-corrected chi connectivity index (χ1v) is 16.3. The van der Waals surface area contributed by atoms with Crippen molar-refractivity contribution in [3.05, 3.63) is 71.9 Å². The van der Waals surface area contributed by atoms with E-state index in [1.165, 1.54) is 6.42 Å². The van der Waals surface area contributed by atoms with E-state index >= 15 is 0 Å². The van der Waals surface area contributed by atoms with E-state index in [4.69, 9.17) is 11.5 Å². The van der Waals surface area contributed by atoms with E-state index in [-0.39, 0.29) is 12.8 Å². The van der Waals surface area contributed by atoms with Crippen LogP contribution >= 0.6 is 0 Å². The zero-order chi connectivity index (χ0) is 32.2. The molecule has 4 rings (SSSR count). The van der Waals surface area contributed by atoms with Crippen molar-refractivity contribution in [1.29, 1.82) is 0 Å². The zero-order valence-electron chi connectivity index (χ0n) is 26.2. The molecule has 0 radical (unpaired) electrons. The van der Waals surface area contributed by atoms with Crippen LogP contribution in [0.15, 0.2) is 60.8 Å². The van der Waals surface area contributed by atoms with Crippen molar-refractivity contribution < 1.29 is 19.2 Å². The summed E-state index contributed by atoms with van der Waals surface area (Å²) in [5, 5.41) is 9.51. The Labute approximate surface area is 265 Å². The lowest BCUT2D eigenvalue weighted by Gasteiger charge is -2.28. The standard InChI is InChI=1S/C35H48N6O4/c1-2-3-17-27(36)33(43)40-30(20-24-14-8-5-9-15-24)34(44)41-31(21-25-22-38-28-18-11-10-16-26(25)28)35(45)39-29(32(37)42)19-23-12-6-4-7-13-23/h5,8-11,14-16,18,22-23,27,29-31,38H,2-4,6-7,12-13,17,19-21,36H2,1H3,(H2,37,42)(H,39,45)(H,40,43)(H,41,44)/t27-,29-,30-,31+/m0/s1. The molecule has 2 aromatic carbocycles. The van der Waals surface area contributed by atoms with Crippen molar-refractivity contribution in [2.75, 3.05) is 0 Å². The Balaban J connectivity index is 1.57. The van der Waals surface area contributed by atoms with Crippen LogP contribution in [0.4, 0.5) is 0 Å². The number of primary amides is 1. The van der Waals surface area contributed by atoms with Gasteiger partial charge in [-0.15, -0.1) is 0 Å². The van der Waals surface area contributed by atoms with Gasteiger partial charge in [0.1, 0.15) is 18.1 Å². The average Bonchev–Trinajstić information content (AvgIpc) is 3.46. The van der Waals surface area contributed by atoms with E-state index < -0.39 is 47.8 Å².